The van der Waals surface area contributed by atoms with Crippen LogP contribution in [0.25, 0.3) is 5.69 Å². The van der Waals surface area contributed by atoms with Crippen LogP contribution in [0.1, 0.15) is 81.8 Å². The van der Waals surface area contributed by atoms with Gasteiger partial charge in [-0.2, -0.15) is 5.10 Å². The van der Waals surface area contributed by atoms with Gasteiger partial charge in [0.05, 0.1) is 30.2 Å². The van der Waals surface area contributed by atoms with E-state index in [0.29, 0.717) is 36.1 Å². The zero-order chi connectivity index (χ0) is 34.5. The predicted molar refractivity (Wildman–Crippen MR) is 188 cm³/mol. The highest BCUT2D eigenvalue weighted by molar-refractivity contribution is 5.89. The number of nitrogens with zero attached hydrogens (tertiary/aromatic N) is 4. The molecule has 5 N–H and O–H groups in total. The number of fused-ring (bicyclic) bond motifs is 1. The zero-order valence-electron chi connectivity index (χ0n) is 28.4. The van der Waals surface area contributed by atoms with Gasteiger partial charge in [0.1, 0.15) is 35.5 Å². The van der Waals surface area contributed by atoms with Gasteiger partial charge in [-0.25, -0.2) is 9.48 Å². The molecule has 2 amide bonds. The maximum atomic E-state index is 13.6. The molecule has 0 radical (unpaired) electrons. The fourth-order valence-corrected chi connectivity index (χ4v) is 6.38. The molecule has 12 nitrogen and oxygen atoms in total. The molecule has 0 saturated carbocycles. The summed E-state index contributed by atoms with van der Waals surface area (Å²) in [6.45, 7) is 7.95. The fourth-order valence-electron chi connectivity index (χ4n) is 6.38. The molecule has 1 fully saturated rings. The number of aliphatic hydroxyl groups excluding tert-OH is 1. The number of ether oxygens (including phenoxy) is 2. The summed E-state index contributed by atoms with van der Waals surface area (Å²) in [5.41, 5.74) is 3.49. The Morgan fingerprint density at radius 2 is 1.76 bits per heavy atom. The number of hydrogen-bond acceptors (Lipinski definition) is 7. The maximum Gasteiger partial charge on any atom is 0.320 e. The second-order valence-electron chi connectivity index (χ2n) is 13.6. The Bertz CT molecular complexity index is 1850. The summed E-state index contributed by atoms with van der Waals surface area (Å²) < 4.78 is 15.4. The largest absolute Gasteiger partial charge is 0.491 e. The van der Waals surface area contributed by atoms with E-state index in [0.717, 1.165) is 48.4 Å². The van der Waals surface area contributed by atoms with Gasteiger partial charge in [0.25, 0.3) is 0 Å². The molecule has 258 valence electrons. The molecule has 12 heteroatoms. The number of rotatable bonds is 8. The molecule has 4 aromatic rings. The van der Waals surface area contributed by atoms with Crippen molar-refractivity contribution in [2.24, 2.45) is 0 Å². The molecule has 3 heterocycles. The summed E-state index contributed by atoms with van der Waals surface area (Å²) in [4.78, 5) is 15.6. The van der Waals surface area contributed by atoms with E-state index in [1.165, 1.54) is 6.42 Å². The van der Waals surface area contributed by atoms with Crippen molar-refractivity contribution in [3.63, 3.8) is 0 Å². The maximum absolute atomic E-state index is 13.6. The molecule has 2 aromatic heterocycles. The van der Waals surface area contributed by atoms with Gasteiger partial charge in [-0.05, 0) is 67.5 Å². The van der Waals surface area contributed by atoms with Crippen molar-refractivity contribution >= 4 is 17.8 Å². The Kier molecular flexibility index (Phi) is 10.0. The Labute approximate surface area is 286 Å². The molecule has 0 spiro atoms. The first-order chi connectivity index (χ1) is 23.6. The number of amides is 2. The van der Waals surface area contributed by atoms with E-state index in [2.05, 4.69) is 31.4 Å². The quantitative estimate of drug-likeness (QED) is 0.117. The highest BCUT2D eigenvalue weighted by Crippen LogP contribution is 2.39. The van der Waals surface area contributed by atoms with Gasteiger partial charge >= 0.3 is 6.03 Å². The number of benzene rings is 2. The lowest BCUT2D eigenvalue weighted by Crippen LogP contribution is -2.42. The van der Waals surface area contributed by atoms with E-state index in [1.54, 1.807) is 27.6 Å². The number of pyridine rings is 1. The Morgan fingerprint density at radius 3 is 2.51 bits per heavy atom. The standard InChI is InChI=1S/C37H46N8O4/c1-37(2,3)32-23-34(45(42-32)25-10-9-11-26(22-25)48-21-20-46)41-36(47)40-30-15-16-31(29-13-6-5-12-28(29)30)49-27-14-17-33(38)44(24-27)35(39)43-18-7-4-8-19-43/h5-6,9-14,17,22-24,30-31,38-39,46H,4,7-8,15-16,18-21H2,1-3H3,(H2,40,41,47). The van der Waals surface area contributed by atoms with Crippen molar-refractivity contribution in [2.45, 2.75) is 70.4 Å². The molecular weight excluding hydrogens is 620 g/mol. The van der Waals surface area contributed by atoms with Crippen molar-refractivity contribution in [3.8, 4) is 17.2 Å². The van der Waals surface area contributed by atoms with Crippen LogP contribution in [0.4, 0.5) is 10.6 Å². The summed E-state index contributed by atoms with van der Waals surface area (Å²) in [5, 5.41) is 37.4. The van der Waals surface area contributed by atoms with Gasteiger partial charge < -0.3 is 24.8 Å². The van der Waals surface area contributed by atoms with Crippen LogP contribution in [0, 0.1) is 10.8 Å². The van der Waals surface area contributed by atoms with Gasteiger partial charge in [-0.3, -0.25) is 20.7 Å². The van der Waals surface area contributed by atoms with Gasteiger partial charge in [0.2, 0.25) is 5.96 Å². The third kappa shape index (κ3) is 7.80. The first-order valence-corrected chi connectivity index (χ1v) is 17.0. The van der Waals surface area contributed by atoms with E-state index in [4.69, 9.17) is 25.4 Å². The highest BCUT2D eigenvalue weighted by Gasteiger charge is 2.30. The number of aliphatic hydroxyl groups is 1. The van der Waals surface area contributed by atoms with E-state index in [1.807, 2.05) is 59.5 Å². The molecule has 1 aliphatic carbocycles. The van der Waals surface area contributed by atoms with Gasteiger partial charge in [-0.15, -0.1) is 0 Å². The van der Waals surface area contributed by atoms with E-state index in [9.17, 15) is 9.90 Å². The van der Waals surface area contributed by atoms with Crippen molar-refractivity contribution < 1.29 is 19.4 Å². The molecule has 2 aromatic carbocycles. The molecular formula is C37H46N8O4. The summed E-state index contributed by atoms with van der Waals surface area (Å²) in [7, 11) is 0. The SMILES string of the molecule is CC(C)(C)c1cc(NC(=O)NC2CCC(Oc3ccc(=N)n(C(=N)N4CCCCC4)c3)c3ccccc32)n(-c2cccc(OCCO)c2)n1. The minimum absolute atomic E-state index is 0.0894. The molecule has 2 unspecified atom stereocenters. The number of piperidine rings is 1. The summed E-state index contributed by atoms with van der Waals surface area (Å²) >= 11 is 0. The van der Waals surface area contributed by atoms with E-state index < -0.39 is 0 Å². The molecule has 1 aliphatic heterocycles. The number of carbonyl (C=O) groups excluding carboxylic acids is 1. The minimum Gasteiger partial charge on any atom is -0.491 e. The molecule has 1 saturated heterocycles. The number of nitrogens with one attached hydrogen (secondary N) is 4. The Balaban J connectivity index is 1.18. The normalized spacial score (nSPS) is 17.6. The molecule has 2 atom stereocenters. The van der Waals surface area contributed by atoms with E-state index in [-0.39, 0.29) is 42.3 Å². The minimum atomic E-state index is -0.350. The lowest BCUT2D eigenvalue weighted by atomic mass is 9.85. The van der Waals surface area contributed by atoms with Crippen LogP contribution >= 0.6 is 0 Å². The van der Waals surface area contributed by atoms with Gasteiger partial charge in [0, 0.05) is 30.6 Å². The van der Waals surface area contributed by atoms with Crippen LogP contribution in [0.15, 0.2) is 72.9 Å². The lowest BCUT2D eigenvalue weighted by Gasteiger charge is -2.33. The first kappa shape index (κ1) is 33.8. The average molecular weight is 667 g/mol. The van der Waals surface area contributed by atoms with Crippen molar-refractivity contribution in [1.29, 1.82) is 10.8 Å². The number of urea groups is 1. The highest BCUT2D eigenvalue weighted by atomic mass is 16.5. The third-order valence-electron chi connectivity index (χ3n) is 8.97. The summed E-state index contributed by atoms with van der Waals surface area (Å²) in [6, 6.07) is 20.1. The monoisotopic (exact) mass is 666 g/mol. The second-order valence-corrected chi connectivity index (χ2v) is 13.6. The number of carbonyl (C=O) groups is 1. The smallest absolute Gasteiger partial charge is 0.320 e. The summed E-state index contributed by atoms with van der Waals surface area (Å²) in [5.74, 6) is 2.01. The number of hydrogen-bond donors (Lipinski definition) is 5. The van der Waals surface area contributed by atoms with Crippen LogP contribution in [0.5, 0.6) is 11.5 Å². The number of likely N-dealkylation sites (tertiary alicyclic amines) is 1. The Morgan fingerprint density at radius 1 is 0.980 bits per heavy atom. The molecule has 2 aliphatic rings. The van der Waals surface area contributed by atoms with Crippen molar-refractivity contribution in [2.75, 3.05) is 31.6 Å². The summed E-state index contributed by atoms with van der Waals surface area (Å²) in [6.07, 6.45) is 6.09. The molecule has 49 heavy (non-hydrogen) atoms. The van der Waals surface area contributed by atoms with E-state index >= 15 is 0 Å². The van der Waals surface area contributed by atoms with Crippen LogP contribution in [-0.2, 0) is 5.41 Å². The fraction of sp³-hybridized carbons (Fsp3) is 0.405. The second kappa shape index (κ2) is 14.6. The average Bonchev–Trinajstić information content (AvgIpc) is 3.54. The third-order valence-corrected chi connectivity index (χ3v) is 8.97. The van der Waals surface area contributed by atoms with Crippen LogP contribution in [0.3, 0.4) is 0 Å². The topological polar surface area (TPSA) is 154 Å². The molecule has 6 rings (SSSR count). The number of aromatic nitrogens is 3. The van der Waals surface area contributed by atoms with Crippen LogP contribution in [-0.4, -0.2) is 62.6 Å². The van der Waals surface area contributed by atoms with Crippen LogP contribution in [0.2, 0.25) is 0 Å². The molecule has 0 bridgehead atoms. The van der Waals surface area contributed by atoms with Gasteiger partial charge in [-0.1, -0.05) is 51.1 Å². The number of anilines is 1. The van der Waals surface area contributed by atoms with Crippen molar-refractivity contribution in [3.05, 3.63) is 95.2 Å². The lowest BCUT2D eigenvalue weighted by molar-refractivity contribution is 0.171. The Hall–Kier alpha value is -5.10. The first-order valence-electron chi connectivity index (χ1n) is 17.0. The van der Waals surface area contributed by atoms with Crippen LogP contribution < -0.4 is 25.6 Å². The van der Waals surface area contributed by atoms with Crippen molar-refractivity contribution in [1.82, 2.24) is 24.6 Å². The predicted octanol–water partition coefficient (Wildman–Crippen LogP) is 5.87. The van der Waals surface area contributed by atoms with Gasteiger partial charge in [0.15, 0.2) is 0 Å². The zero-order valence-corrected chi connectivity index (χ0v) is 28.4.